The molecule has 2 fully saturated rings. The normalized spacial score (nSPS) is 19.4. The highest BCUT2D eigenvalue weighted by Gasteiger charge is 2.29. The number of carboxylic acids is 1. The van der Waals surface area contributed by atoms with E-state index in [-0.39, 0.29) is 5.69 Å². The summed E-state index contributed by atoms with van der Waals surface area (Å²) in [6, 6.07) is 0.429. The smallest absolute Gasteiger partial charge is 0.356 e. The zero-order valence-corrected chi connectivity index (χ0v) is 10.6. The van der Waals surface area contributed by atoms with Crippen molar-refractivity contribution < 1.29 is 9.90 Å². The predicted octanol–water partition coefficient (Wildman–Crippen LogP) is 2.93. The molecule has 0 aromatic carbocycles. The van der Waals surface area contributed by atoms with E-state index < -0.39 is 5.97 Å². The molecule has 0 saturated heterocycles. The van der Waals surface area contributed by atoms with Crippen molar-refractivity contribution in [3.05, 3.63) is 23.0 Å². The van der Waals surface area contributed by atoms with Crippen LogP contribution in [0.2, 0.25) is 0 Å². The fourth-order valence-corrected chi connectivity index (χ4v) is 2.52. The van der Waals surface area contributed by atoms with Gasteiger partial charge in [-0.25, -0.2) is 9.78 Å². The summed E-state index contributed by atoms with van der Waals surface area (Å²) in [4.78, 5) is 15.4. The predicted molar refractivity (Wildman–Crippen MR) is 69.2 cm³/mol. The van der Waals surface area contributed by atoms with E-state index in [2.05, 4.69) is 10.3 Å². The van der Waals surface area contributed by atoms with Crippen LogP contribution in [0.15, 0.2) is 6.20 Å². The monoisotopic (exact) mass is 246 g/mol. The molecule has 0 unspecified atom stereocenters. The van der Waals surface area contributed by atoms with Gasteiger partial charge < -0.3 is 10.4 Å². The van der Waals surface area contributed by atoms with Crippen molar-refractivity contribution in [2.24, 2.45) is 0 Å². The summed E-state index contributed by atoms with van der Waals surface area (Å²) in [6.45, 7) is 2.02. The van der Waals surface area contributed by atoms with Crippen LogP contribution in [-0.4, -0.2) is 22.1 Å². The van der Waals surface area contributed by atoms with Crippen molar-refractivity contribution >= 4 is 11.7 Å². The quantitative estimate of drug-likeness (QED) is 0.857. The van der Waals surface area contributed by atoms with Gasteiger partial charge in [0.05, 0.1) is 5.69 Å². The number of nitrogens with zero attached hydrogens (tertiary/aromatic N) is 1. The van der Waals surface area contributed by atoms with Crippen molar-refractivity contribution in [3.63, 3.8) is 0 Å². The van der Waals surface area contributed by atoms with Gasteiger partial charge in [-0.2, -0.15) is 0 Å². The van der Waals surface area contributed by atoms with E-state index in [4.69, 9.17) is 0 Å². The molecule has 1 aromatic rings. The molecule has 0 atom stereocenters. The minimum Gasteiger partial charge on any atom is -0.476 e. The third-order valence-corrected chi connectivity index (χ3v) is 4.05. The van der Waals surface area contributed by atoms with Crippen molar-refractivity contribution in [1.82, 2.24) is 4.98 Å². The van der Waals surface area contributed by atoms with Gasteiger partial charge in [0.15, 0.2) is 5.69 Å². The number of aromatic nitrogens is 1. The number of pyridine rings is 1. The van der Waals surface area contributed by atoms with Crippen LogP contribution < -0.4 is 5.32 Å². The molecule has 18 heavy (non-hydrogen) atoms. The van der Waals surface area contributed by atoms with E-state index in [1.807, 2.05) is 6.92 Å². The highest BCUT2D eigenvalue weighted by molar-refractivity contribution is 5.93. The van der Waals surface area contributed by atoms with Crippen LogP contribution in [0.25, 0.3) is 0 Å². The van der Waals surface area contributed by atoms with Gasteiger partial charge in [-0.3, -0.25) is 0 Å². The third-order valence-electron chi connectivity index (χ3n) is 4.05. The van der Waals surface area contributed by atoms with Gasteiger partial charge in [-0.1, -0.05) is 0 Å². The standard InChI is InChI=1S/C14H18N2O2/c1-8-11(9-5-6-9)7-15-13(14(17)18)12(8)16-10-3-2-4-10/h7,9-10,16H,2-6H2,1H3,(H,17,18). The molecule has 1 aromatic heterocycles. The first kappa shape index (κ1) is 11.5. The number of aromatic carboxylic acids is 1. The largest absolute Gasteiger partial charge is 0.476 e. The highest BCUT2D eigenvalue weighted by atomic mass is 16.4. The fourth-order valence-electron chi connectivity index (χ4n) is 2.52. The lowest BCUT2D eigenvalue weighted by Crippen LogP contribution is -2.29. The highest BCUT2D eigenvalue weighted by Crippen LogP contribution is 2.43. The maximum atomic E-state index is 11.3. The maximum absolute atomic E-state index is 11.3. The second kappa shape index (κ2) is 4.26. The zero-order valence-electron chi connectivity index (χ0n) is 10.6. The Morgan fingerprint density at radius 2 is 2.11 bits per heavy atom. The summed E-state index contributed by atoms with van der Waals surface area (Å²) in [7, 11) is 0. The summed E-state index contributed by atoms with van der Waals surface area (Å²) in [5.41, 5.74) is 3.22. The van der Waals surface area contributed by atoms with Gasteiger partial charge in [0, 0.05) is 12.2 Å². The van der Waals surface area contributed by atoms with E-state index in [0.29, 0.717) is 12.0 Å². The lowest BCUT2D eigenvalue weighted by Gasteiger charge is -2.29. The fraction of sp³-hybridized carbons (Fsp3) is 0.571. The Morgan fingerprint density at radius 3 is 2.61 bits per heavy atom. The Morgan fingerprint density at radius 1 is 1.39 bits per heavy atom. The first-order valence-corrected chi connectivity index (χ1v) is 6.66. The summed E-state index contributed by atoms with van der Waals surface area (Å²) in [6.07, 6.45) is 7.66. The van der Waals surface area contributed by atoms with Crippen LogP contribution in [0.4, 0.5) is 5.69 Å². The van der Waals surface area contributed by atoms with Crippen LogP contribution in [0.5, 0.6) is 0 Å². The van der Waals surface area contributed by atoms with Crippen LogP contribution in [0, 0.1) is 6.92 Å². The van der Waals surface area contributed by atoms with Crippen molar-refractivity contribution in [2.75, 3.05) is 5.32 Å². The minimum atomic E-state index is -0.942. The van der Waals surface area contributed by atoms with Crippen LogP contribution in [-0.2, 0) is 0 Å². The lowest BCUT2D eigenvalue weighted by atomic mass is 9.92. The van der Waals surface area contributed by atoms with Gasteiger partial charge in [-0.05, 0) is 56.1 Å². The molecule has 0 spiro atoms. The molecule has 4 nitrogen and oxygen atoms in total. The van der Waals surface area contributed by atoms with E-state index in [1.165, 1.54) is 24.8 Å². The number of carbonyl (C=O) groups is 1. The molecule has 2 saturated carbocycles. The second-order valence-electron chi connectivity index (χ2n) is 5.41. The molecule has 2 aliphatic rings. The second-order valence-corrected chi connectivity index (χ2v) is 5.41. The number of hydrogen-bond acceptors (Lipinski definition) is 3. The topological polar surface area (TPSA) is 62.2 Å². The lowest BCUT2D eigenvalue weighted by molar-refractivity contribution is 0.0691. The molecule has 0 aliphatic heterocycles. The molecule has 0 amide bonds. The maximum Gasteiger partial charge on any atom is 0.356 e. The van der Waals surface area contributed by atoms with Crippen molar-refractivity contribution in [2.45, 2.75) is 51.0 Å². The van der Waals surface area contributed by atoms with Crippen molar-refractivity contribution in [3.8, 4) is 0 Å². The van der Waals surface area contributed by atoms with Crippen LogP contribution >= 0.6 is 0 Å². The molecule has 0 radical (unpaired) electrons. The Bertz CT molecular complexity index is 491. The Balaban J connectivity index is 1.98. The van der Waals surface area contributed by atoms with Gasteiger partial charge in [0.1, 0.15) is 0 Å². The molecule has 1 heterocycles. The van der Waals surface area contributed by atoms with Gasteiger partial charge in [0.2, 0.25) is 0 Å². The van der Waals surface area contributed by atoms with Gasteiger partial charge in [0.25, 0.3) is 0 Å². The number of anilines is 1. The molecule has 96 valence electrons. The molecule has 2 N–H and O–H groups in total. The summed E-state index contributed by atoms with van der Waals surface area (Å²) in [5.74, 6) is -0.343. The average Bonchev–Trinajstić information content (AvgIpc) is 3.08. The molecular weight excluding hydrogens is 228 g/mol. The number of carboxylic acid groups (broad SMARTS) is 1. The van der Waals surface area contributed by atoms with E-state index >= 15 is 0 Å². The van der Waals surface area contributed by atoms with Crippen LogP contribution in [0.1, 0.15) is 59.6 Å². The Labute approximate surface area is 106 Å². The van der Waals surface area contributed by atoms with Gasteiger partial charge in [-0.15, -0.1) is 0 Å². The van der Waals surface area contributed by atoms with E-state index in [9.17, 15) is 9.90 Å². The van der Waals surface area contributed by atoms with E-state index in [1.54, 1.807) is 6.20 Å². The summed E-state index contributed by atoms with van der Waals surface area (Å²) in [5, 5.41) is 12.6. The minimum absolute atomic E-state index is 0.170. The zero-order chi connectivity index (χ0) is 12.7. The van der Waals surface area contributed by atoms with Crippen LogP contribution in [0.3, 0.4) is 0 Å². The first-order valence-electron chi connectivity index (χ1n) is 6.66. The first-order chi connectivity index (χ1) is 8.66. The number of rotatable bonds is 4. The SMILES string of the molecule is Cc1c(C2CC2)cnc(C(=O)O)c1NC1CCC1. The number of nitrogens with one attached hydrogen (secondary N) is 1. The Hall–Kier alpha value is -1.58. The molecule has 4 heteroatoms. The Kier molecular flexibility index (Phi) is 2.73. The number of hydrogen-bond donors (Lipinski definition) is 2. The molecule has 2 aliphatic carbocycles. The third kappa shape index (κ3) is 1.96. The summed E-state index contributed by atoms with van der Waals surface area (Å²) >= 11 is 0. The van der Waals surface area contributed by atoms with Crippen molar-refractivity contribution in [1.29, 1.82) is 0 Å². The summed E-state index contributed by atoms with van der Waals surface area (Å²) < 4.78 is 0. The molecule has 3 rings (SSSR count). The average molecular weight is 246 g/mol. The molecular formula is C14H18N2O2. The molecule has 0 bridgehead atoms. The van der Waals surface area contributed by atoms with Gasteiger partial charge >= 0.3 is 5.97 Å². The van der Waals surface area contributed by atoms with E-state index in [0.717, 1.165) is 24.1 Å².